The Hall–Kier alpha value is -2.52. The molecule has 1 aliphatic heterocycles. The second kappa shape index (κ2) is 7.16. The Balaban J connectivity index is 1.98. The summed E-state index contributed by atoms with van der Waals surface area (Å²) in [5.41, 5.74) is 0.139. The second-order valence-corrected chi connectivity index (χ2v) is 7.37. The van der Waals surface area contributed by atoms with Gasteiger partial charge >= 0.3 is 0 Å². The van der Waals surface area contributed by atoms with Crippen molar-refractivity contribution in [2.24, 2.45) is 0 Å². The van der Waals surface area contributed by atoms with Gasteiger partial charge < -0.3 is 9.64 Å². The molecule has 9 heteroatoms. The minimum Gasteiger partial charge on any atom is -0.378 e. The topological polar surface area (TPSA) is 92.7 Å². The monoisotopic (exact) mass is 362 g/mol. The molecule has 1 aromatic heterocycles. The Bertz CT molecular complexity index is 851. The highest BCUT2D eigenvalue weighted by Gasteiger charge is 2.29. The van der Waals surface area contributed by atoms with Crippen molar-refractivity contribution in [3.05, 3.63) is 48.4 Å². The molecule has 8 nitrogen and oxygen atoms in total. The molecular formula is C16H18N4O4S. The maximum absolute atomic E-state index is 13.0. The van der Waals surface area contributed by atoms with E-state index in [4.69, 9.17) is 4.74 Å². The van der Waals surface area contributed by atoms with E-state index < -0.39 is 10.0 Å². The van der Waals surface area contributed by atoms with Crippen LogP contribution in [0.5, 0.6) is 0 Å². The van der Waals surface area contributed by atoms with Crippen LogP contribution in [0.1, 0.15) is 10.4 Å². The average molecular weight is 362 g/mol. The van der Waals surface area contributed by atoms with Crippen LogP contribution in [0.3, 0.4) is 0 Å². The van der Waals surface area contributed by atoms with Crippen LogP contribution in [0.15, 0.2) is 47.8 Å². The number of aromatic nitrogens is 2. The number of ether oxygens (including phenoxy) is 1. The third kappa shape index (κ3) is 3.47. The molecule has 0 bridgehead atoms. The van der Waals surface area contributed by atoms with E-state index in [-0.39, 0.29) is 22.2 Å². The van der Waals surface area contributed by atoms with Gasteiger partial charge in [-0.05, 0) is 12.1 Å². The zero-order chi connectivity index (χ0) is 17.9. The highest BCUT2D eigenvalue weighted by atomic mass is 32.2. The number of carbonyl (C=O) groups excluding carboxylic acids is 1. The van der Waals surface area contributed by atoms with Gasteiger partial charge in [0.1, 0.15) is 4.90 Å². The number of anilines is 1. The molecule has 25 heavy (non-hydrogen) atoms. The Morgan fingerprint density at radius 3 is 2.60 bits per heavy atom. The Morgan fingerprint density at radius 1 is 1.20 bits per heavy atom. The van der Waals surface area contributed by atoms with E-state index >= 15 is 0 Å². The lowest BCUT2D eigenvalue weighted by Gasteiger charge is -2.28. The highest BCUT2D eigenvalue weighted by Crippen LogP contribution is 2.24. The Labute approximate surface area is 146 Å². The smallest absolute Gasteiger partial charge is 0.266 e. The van der Waals surface area contributed by atoms with Gasteiger partial charge in [0.2, 0.25) is 0 Å². The van der Waals surface area contributed by atoms with Crippen molar-refractivity contribution in [1.29, 1.82) is 0 Å². The number of morpholine rings is 1. The lowest BCUT2D eigenvalue weighted by Crippen LogP contribution is -2.41. The number of carbonyl (C=O) groups is 1. The van der Waals surface area contributed by atoms with Crippen molar-refractivity contribution in [2.75, 3.05) is 37.7 Å². The fourth-order valence-electron chi connectivity index (χ4n) is 2.53. The van der Waals surface area contributed by atoms with Crippen LogP contribution < -0.4 is 4.31 Å². The number of amides is 1. The molecule has 2 heterocycles. The predicted molar refractivity (Wildman–Crippen MR) is 90.8 cm³/mol. The lowest BCUT2D eigenvalue weighted by atomic mass is 10.2. The first-order valence-electron chi connectivity index (χ1n) is 7.73. The van der Waals surface area contributed by atoms with E-state index in [2.05, 4.69) is 9.97 Å². The summed E-state index contributed by atoms with van der Waals surface area (Å²) < 4.78 is 32.3. The van der Waals surface area contributed by atoms with E-state index in [1.165, 1.54) is 37.8 Å². The van der Waals surface area contributed by atoms with Crippen molar-refractivity contribution in [2.45, 2.75) is 4.90 Å². The van der Waals surface area contributed by atoms with Crippen molar-refractivity contribution in [1.82, 2.24) is 14.9 Å². The number of nitrogens with zero attached hydrogens (tertiary/aromatic N) is 4. The number of benzene rings is 1. The highest BCUT2D eigenvalue weighted by molar-refractivity contribution is 7.92. The molecule has 132 valence electrons. The molecule has 0 saturated carbocycles. The van der Waals surface area contributed by atoms with Crippen LogP contribution in [0.2, 0.25) is 0 Å². The maximum Gasteiger partial charge on any atom is 0.266 e. The first-order valence-corrected chi connectivity index (χ1v) is 9.17. The molecule has 0 spiro atoms. The van der Waals surface area contributed by atoms with E-state index in [1.807, 2.05) is 0 Å². The molecule has 1 aromatic carbocycles. The van der Waals surface area contributed by atoms with Crippen LogP contribution >= 0.6 is 0 Å². The quantitative estimate of drug-likeness (QED) is 0.798. The first kappa shape index (κ1) is 17.3. The van der Waals surface area contributed by atoms with Crippen molar-refractivity contribution >= 4 is 21.7 Å². The molecule has 0 aliphatic carbocycles. The predicted octanol–water partition coefficient (Wildman–Crippen LogP) is 0.774. The van der Waals surface area contributed by atoms with Crippen molar-refractivity contribution in [3.63, 3.8) is 0 Å². The first-order chi connectivity index (χ1) is 12.0. The summed E-state index contributed by atoms with van der Waals surface area (Å²) in [5.74, 6) is -0.147. The third-order valence-corrected chi connectivity index (χ3v) is 5.75. The SMILES string of the molecule is CN(c1cnccn1)S(=O)(=O)c1ccccc1C(=O)N1CCOCC1. The minimum absolute atomic E-state index is 0.0559. The normalized spacial score (nSPS) is 15.0. The summed E-state index contributed by atoms with van der Waals surface area (Å²) in [6, 6.07) is 6.19. The molecule has 0 unspecified atom stereocenters. The van der Waals surface area contributed by atoms with Crippen LogP contribution in [-0.2, 0) is 14.8 Å². The van der Waals surface area contributed by atoms with E-state index in [0.29, 0.717) is 26.3 Å². The molecular weight excluding hydrogens is 344 g/mol. The van der Waals surface area contributed by atoms with E-state index in [9.17, 15) is 13.2 Å². The fourth-order valence-corrected chi connectivity index (χ4v) is 3.85. The zero-order valence-electron chi connectivity index (χ0n) is 13.7. The van der Waals surface area contributed by atoms with Gasteiger partial charge in [-0.2, -0.15) is 0 Å². The molecule has 0 N–H and O–H groups in total. The number of rotatable bonds is 4. The molecule has 0 atom stereocenters. The molecule has 1 aliphatic rings. The summed E-state index contributed by atoms with van der Waals surface area (Å²) >= 11 is 0. The van der Waals surface area contributed by atoms with Crippen LogP contribution in [0.4, 0.5) is 5.82 Å². The van der Waals surface area contributed by atoms with Gasteiger partial charge in [-0.3, -0.25) is 14.1 Å². The fraction of sp³-hybridized carbons (Fsp3) is 0.312. The Morgan fingerprint density at radius 2 is 1.92 bits per heavy atom. The molecule has 1 saturated heterocycles. The molecule has 3 rings (SSSR count). The van der Waals surface area contributed by atoms with Gasteiger partial charge in [0.15, 0.2) is 5.82 Å². The average Bonchev–Trinajstić information content (AvgIpc) is 2.68. The van der Waals surface area contributed by atoms with Crippen LogP contribution in [-0.4, -0.2) is 62.5 Å². The van der Waals surface area contributed by atoms with Crippen molar-refractivity contribution < 1.29 is 17.9 Å². The van der Waals surface area contributed by atoms with Gasteiger partial charge in [0, 0.05) is 32.5 Å². The number of sulfonamides is 1. The Kier molecular flexibility index (Phi) is 4.95. The van der Waals surface area contributed by atoms with Crippen LogP contribution in [0.25, 0.3) is 0 Å². The lowest BCUT2D eigenvalue weighted by molar-refractivity contribution is 0.0300. The maximum atomic E-state index is 13.0. The van der Waals surface area contributed by atoms with Gasteiger partial charge in [0.25, 0.3) is 15.9 Å². The van der Waals surface area contributed by atoms with Gasteiger partial charge in [-0.15, -0.1) is 0 Å². The summed E-state index contributed by atoms with van der Waals surface area (Å²) in [5, 5.41) is 0. The minimum atomic E-state index is -3.95. The molecule has 2 aromatic rings. The third-order valence-electron chi connectivity index (χ3n) is 3.93. The van der Waals surface area contributed by atoms with Crippen LogP contribution in [0, 0.1) is 0 Å². The second-order valence-electron chi connectivity index (χ2n) is 5.44. The van der Waals surface area contributed by atoms with Gasteiger partial charge in [-0.1, -0.05) is 12.1 Å². The number of hydrogen-bond donors (Lipinski definition) is 0. The summed E-state index contributed by atoms with van der Waals surface area (Å²) in [6.07, 6.45) is 4.22. The zero-order valence-corrected chi connectivity index (χ0v) is 14.5. The summed E-state index contributed by atoms with van der Waals surface area (Å²) in [4.78, 5) is 22.2. The molecule has 1 fully saturated rings. The van der Waals surface area contributed by atoms with E-state index in [1.54, 1.807) is 17.0 Å². The largest absolute Gasteiger partial charge is 0.378 e. The van der Waals surface area contributed by atoms with E-state index in [0.717, 1.165) is 4.31 Å². The number of hydrogen-bond acceptors (Lipinski definition) is 6. The summed E-state index contributed by atoms with van der Waals surface area (Å²) in [7, 11) is -2.57. The molecule has 1 amide bonds. The molecule has 0 radical (unpaired) electrons. The standard InChI is InChI=1S/C16H18N4O4S/c1-19(15-12-17-6-7-18-15)25(22,23)14-5-3-2-4-13(14)16(21)20-8-10-24-11-9-20/h2-7,12H,8-11H2,1H3. The summed E-state index contributed by atoms with van der Waals surface area (Å²) in [6.45, 7) is 1.76. The van der Waals surface area contributed by atoms with Gasteiger partial charge in [0.05, 0.1) is 25.0 Å². The van der Waals surface area contributed by atoms with Crippen molar-refractivity contribution in [3.8, 4) is 0 Å². The van der Waals surface area contributed by atoms with Gasteiger partial charge in [-0.25, -0.2) is 13.4 Å².